The lowest BCUT2D eigenvalue weighted by molar-refractivity contribution is -0.384. The largest absolute Gasteiger partial charge is 0.496 e. The summed E-state index contributed by atoms with van der Waals surface area (Å²) in [5, 5.41) is 11.9. The Hall–Kier alpha value is -3.22. The van der Waals surface area contributed by atoms with Crippen molar-refractivity contribution >= 4 is 22.4 Å². The summed E-state index contributed by atoms with van der Waals surface area (Å²) in [5.41, 5.74) is 1.54. The van der Waals surface area contributed by atoms with Crippen LogP contribution in [0.3, 0.4) is 0 Å². The van der Waals surface area contributed by atoms with Crippen molar-refractivity contribution in [2.24, 2.45) is 0 Å². The second kappa shape index (κ2) is 6.59. The number of aromatic nitrogens is 2. The highest BCUT2D eigenvalue weighted by molar-refractivity contribution is 5.93. The molecular formula is C19H18N4O3. The third kappa shape index (κ3) is 2.81. The van der Waals surface area contributed by atoms with Crippen LogP contribution in [0.1, 0.15) is 12.8 Å². The van der Waals surface area contributed by atoms with Gasteiger partial charge in [0, 0.05) is 30.6 Å². The van der Waals surface area contributed by atoms with Crippen molar-refractivity contribution < 1.29 is 9.66 Å². The third-order valence-electron chi connectivity index (χ3n) is 4.62. The number of methoxy groups -OCH3 is 1. The summed E-state index contributed by atoms with van der Waals surface area (Å²) in [5.74, 6) is 2.00. The van der Waals surface area contributed by atoms with Gasteiger partial charge in [-0.15, -0.1) is 0 Å². The summed E-state index contributed by atoms with van der Waals surface area (Å²) in [6, 6.07) is 12.3. The van der Waals surface area contributed by atoms with E-state index in [1.165, 1.54) is 6.07 Å². The van der Waals surface area contributed by atoms with Gasteiger partial charge >= 0.3 is 0 Å². The maximum atomic E-state index is 11.2. The molecule has 132 valence electrons. The van der Waals surface area contributed by atoms with Crippen molar-refractivity contribution in [2.75, 3.05) is 25.1 Å². The fourth-order valence-corrected chi connectivity index (χ4v) is 3.33. The molecule has 0 atom stereocenters. The molecule has 1 aromatic heterocycles. The molecule has 2 aromatic carbocycles. The minimum Gasteiger partial charge on any atom is -0.496 e. The van der Waals surface area contributed by atoms with Crippen molar-refractivity contribution in [3.05, 3.63) is 52.6 Å². The molecule has 0 aliphatic carbocycles. The van der Waals surface area contributed by atoms with Gasteiger partial charge in [0.15, 0.2) is 5.82 Å². The van der Waals surface area contributed by atoms with Crippen LogP contribution in [0.4, 0.5) is 11.5 Å². The maximum absolute atomic E-state index is 11.2. The van der Waals surface area contributed by atoms with E-state index in [-0.39, 0.29) is 10.6 Å². The van der Waals surface area contributed by atoms with Crippen molar-refractivity contribution in [1.82, 2.24) is 9.97 Å². The van der Waals surface area contributed by atoms with Crippen LogP contribution < -0.4 is 9.64 Å². The molecule has 1 aliphatic rings. The van der Waals surface area contributed by atoms with E-state index < -0.39 is 0 Å². The fourth-order valence-electron chi connectivity index (χ4n) is 3.33. The molecule has 26 heavy (non-hydrogen) atoms. The molecule has 0 spiro atoms. The molecule has 7 nitrogen and oxygen atoms in total. The van der Waals surface area contributed by atoms with Gasteiger partial charge in [-0.1, -0.05) is 12.1 Å². The van der Waals surface area contributed by atoms with Gasteiger partial charge in [-0.25, -0.2) is 9.97 Å². The van der Waals surface area contributed by atoms with Gasteiger partial charge in [0.25, 0.3) is 5.69 Å². The average molecular weight is 350 g/mol. The second-order valence-corrected chi connectivity index (χ2v) is 6.22. The van der Waals surface area contributed by atoms with E-state index in [4.69, 9.17) is 9.72 Å². The maximum Gasteiger partial charge on any atom is 0.270 e. The van der Waals surface area contributed by atoms with Gasteiger partial charge in [0.2, 0.25) is 0 Å². The summed E-state index contributed by atoms with van der Waals surface area (Å²) < 4.78 is 5.44. The second-order valence-electron chi connectivity index (χ2n) is 6.22. The van der Waals surface area contributed by atoms with Gasteiger partial charge in [-0.05, 0) is 31.0 Å². The summed E-state index contributed by atoms with van der Waals surface area (Å²) in [6.45, 7) is 1.78. The zero-order valence-corrected chi connectivity index (χ0v) is 14.4. The summed E-state index contributed by atoms with van der Waals surface area (Å²) in [7, 11) is 1.62. The lowest BCUT2D eigenvalue weighted by atomic mass is 10.1. The van der Waals surface area contributed by atoms with Crippen molar-refractivity contribution in [2.45, 2.75) is 12.8 Å². The van der Waals surface area contributed by atoms with E-state index in [2.05, 4.69) is 9.88 Å². The fraction of sp³-hybridized carbons (Fsp3) is 0.263. The number of nitro benzene ring substituents is 1. The topological polar surface area (TPSA) is 81.4 Å². The van der Waals surface area contributed by atoms with E-state index in [0.717, 1.165) is 37.3 Å². The number of fused-ring (bicyclic) bond motifs is 1. The standard InChI is InChI=1S/C19H18N4O3/c1-26-17-7-3-2-6-14(17)18-20-16-9-8-13(23(24)25)12-15(16)19(21-18)22-10-4-5-11-22/h2-3,6-9,12H,4-5,10-11H2,1H3. The van der Waals surface area contributed by atoms with E-state index in [1.54, 1.807) is 19.2 Å². The zero-order valence-electron chi connectivity index (χ0n) is 14.4. The molecular weight excluding hydrogens is 332 g/mol. The van der Waals surface area contributed by atoms with Crippen LogP contribution in [-0.4, -0.2) is 35.1 Å². The Morgan fingerprint density at radius 1 is 1.12 bits per heavy atom. The van der Waals surface area contributed by atoms with Crippen LogP contribution in [0, 0.1) is 10.1 Å². The monoisotopic (exact) mass is 350 g/mol. The lowest BCUT2D eigenvalue weighted by Gasteiger charge is -2.19. The van der Waals surface area contributed by atoms with Gasteiger partial charge in [0.1, 0.15) is 11.6 Å². The average Bonchev–Trinajstić information content (AvgIpc) is 3.21. The number of non-ortho nitro benzene ring substituents is 1. The van der Waals surface area contributed by atoms with E-state index in [1.807, 2.05) is 24.3 Å². The minimum absolute atomic E-state index is 0.0478. The van der Waals surface area contributed by atoms with Crippen molar-refractivity contribution in [3.8, 4) is 17.1 Å². The highest BCUT2D eigenvalue weighted by Crippen LogP contribution is 2.34. The molecule has 4 rings (SSSR count). The number of nitro groups is 1. The Labute approximate surface area is 150 Å². The Kier molecular flexibility index (Phi) is 4.12. The first kappa shape index (κ1) is 16.3. The van der Waals surface area contributed by atoms with Gasteiger partial charge in [-0.3, -0.25) is 10.1 Å². The van der Waals surface area contributed by atoms with Crippen LogP contribution in [0.2, 0.25) is 0 Å². The van der Waals surface area contributed by atoms with E-state index >= 15 is 0 Å². The molecule has 7 heteroatoms. The minimum atomic E-state index is -0.388. The molecule has 3 aromatic rings. The number of hydrogen-bond donors (Lipinski definition) is 0. The normalized spacial score (nSPS) is 14.0. The number of hydrogen-bond acceptors (Lipinski definition) is 6. The quantitative estimate of drug-likeness (QED) is 0.526. The molecule has 1 saturated heterocycles. The van der Waals surface area contributed by atoms with Crippen LogP contribution in [0.15, 0.2) is 42.5 Å². The van der Waals surface area contributed by atoms with E-state index in [9.17, 15) is 10.1 Å². The molecule has 2 heterocycles. The first-order valence-corrected chi connectivity index (χ1v) is 8.52. The summed E-state index contributed by atoms with van der Waals surface area (Å²) in [4.78, 5) is 22.4. The highest BCUT2D eigenvalue weighted by atomic mass is 16.6. The molecule has 1 aliphatic heterocycles. The highest BCUT2D eigenvalue weighted by Gasteiger charge is 2.21. The number of para-hydroxylation sites is 1. The molecule has 0 N–H and O–H groups in total. The number of benzene rings is 2. The SMILES string of the molecule is COc1ccccc1-c1nc(N2CCCC2)c2cc([N+](=O)[O-])ccc2n1. The van der Waals surface area contributed by atoms with Crippen molar-refractivity contribution in [3.63, 3.8) is 0 Å². The van der Waals surface area contributed by atoms with E-state index in [0.29, 0.717) is 22.5 Å². The summed E-state index contributed by atoms with van der Waals surface area (Å²) >= 11 is 0. The third-order valence-corrected chi connectivity index (χ3v) is 4.62. The molecule has 0 saturated carbocycles. The van der Waals surface area contributed by atoms with Crippen molar-refractivity contribution in [1.29, 1.82) is 0 Å². The Balaban J connectivity index is 1.96. The van der Waals surface area contributed by atoms with Gasteiger partial charge in [-0.2, -0.15) is 0 Å². The molecule has 0 radical (unpaired) electrons. The molecule has 0 amide bonds. The Bertz CT molecular complexity index is 984. The smallest absolute Gasteiger partial charge is 0.270 e. The van der Waals surface area contributed by atoms with Crippen LogP contribution in [-0.2, 0) is 0 Å². The Morgan fingerprint density at radius 3 is 2.62 bits per heavy atom. The predicted octanol–water partition coefficient (Wildman–Crippen LogP) is 3.81. The molecule has 0 bridgehead atoms. The summed E-state index contributed by atoms with van der Waals surface area (Å²) in [6.07, 6.45) is 2.18. The molecule has 1 fully saturated rings. The first-order valence-electron chi connectivity index (χ1n) is 8.52. The first-order chi connectivity index (χ1) is 12.7. The van der Waals surface area contributed by atoms with Crippen LogP contribution in [0.25, 0.3) is 22.3 Å². The van der Waals surface area contributed by atoms with Gasteiger partial charge < -0.3 is 9.64 Å². The van der Waals surface area contributed by atoms with Crippen LogP contribution in [0.5, 0.6) is 5.75 Å². The molecule has 0 unspecified atom stereocenters. The number of nitrogens with zero attached hydrogens (tertiary/aromatic N) is 4. The predicted molar refractivity (Wildman–Crippen MR) is 99.6 cm³/mol. The van der Waals surface area contributed by atoms with Gasteiger partial charge in [0.05, 0.1) is 23.1 Å². The number of anilines is 1. The lowest BCUT2D eigenvalue weighted by Crippen LogP contribution is -2.20. The number of ether oxygens (including phenoxy) is 1. The number of rotatable bonds is 4. The zero-order chi connectivity index (χ0) is 18.1. The van der Waals surface area contributed by atoms with Crippen LogP contribution >= 0.6 is 0 Å². The Morgan fingerprint density at radius 2 is 1.88 bits per heavy atom.